The van der Waals surface area contributed by atoms with Gasteiger partial charge in [0.05, 0.1) is 0 Å². The Bertz CT molecular complexity index is 318. The Morgan fingerprint density at radius 1 is 1.27 bits per heavy atom. The molecule has 1 aliphatic rings. The van der Waals surface area contributed by atoms with Crippen LogP contribution in [0.25, 0.3) is 0 Å². The van der Waals surface area contributed by atoms with Crippen molar-refractivity contribution in [2.45, 2.75) is 32.2 Å². The van der Waals surface area contributed by atoms with E-state index in [1.165, 1.54) is 25.9 Å². The molecule has 82 valence electrons. The second kappa shape index (κ2) is 4.75. The van der Waals surface area contributed by atoms with E-state index < -0.39 is 0 Å². The smallest absolute Gasteiger partial charge is 0.126 e. The van der Waals surface area contributed by atoms with Gasteiger partial charge in [0.1, 0.15) is 5.82 Å². The molecule has 0 N–H and O–H groups in total. The molecule has 0 spiro atoms. The molecule has 1 aliphatic heterocycles. The zero-order valence-electron chi connectivity index (χ0n) is 9.25. The number of hydrogen-bond acceptors (Lipinski definition) is 1. The molecule has 0 aromatic heterocycles. The Morgan fingerprint density at radius 3 is 2.60 bits per heavy atom. The molecular formula is C13H18FN. The van der Waals surface area contributed by atoms with Gasteiger partial charge in [0.15, 0.2) is 0 Å². The quantitative estimate of drug-likeness (QED) is 0.736. The van der Waals surface area contributed by atoms with Crippen LogP contribution in [0, 0.1) is 5.82 Å². The fraction of sp³-hybridized carbons (Fsp3) is 0.538. The molecule has 0 saturated carbocycles. The van der Waals surface area contributed by atoms with Crippen molar-refractivity contribution < 1.29 is 4.39 Å². The summed E-state index contributed by atoms with van der Waals surface area (Å²) in [6.45, 7) is 4.54. The maximum absolute atomic E-state index is 13.4. The van der Waals surface area contributed by atoms with E-state index in [0.29, 0.717) is 6.04 Å². The van der Waals surface area contributed by atoms with Crippen LogP contribution >= 0.6 is 0 Å². The van der Waals surface area contributed by atoms with Gasteiger partial charge in [-0.1, -0.05) is 18.2 Å². The first kappa shape index (κ1) is 10.6. The molecule has 1 aromatic rings. The summed E-state index contributed by atoms with van der Waals surface area (Å²) in [6.07, 6.45) is 3.41. The number of halogens is 1. The van der Waals surface area contributed by atoms with Crippen molar-refractivity contribution in [1.29, 1.82) is 0 Å². The standard InChI is InChI=1S/C13H18FN/c1-11(15-8-4-5-9-15)10-12-6-2-3-7-13(12)14/h2-3,6-7,11H,4-5,8-10H2,1H3. The minimum absolute atomic E-state index is 0.0662. The van der Waals surface area contributed by atoms with Crippen molar-refractivity contribution in [3.8, 4) is 0 Å². The maximum atomic E-state index is 13.4. The molecule has 0 bridgehead atoms. The van der Waals surface area contributed by atoms with Gasteiger partial charge in [-0.3, -0.25) is 0 Å². The zero-order valence-corrected chi connectivity index (χ0v) is 9.25. The van der Waals surface area contributed by atoms with Gasteiger partial charge in [0.2, 0.25) is 0 Å². The van der Waals surface area contributed by atoms with Gasteiger partial charge in [-0.05, 0) is 50.9 Å². The molecule has 2 rings (SSSR count). The Kier molecular flexibility index (Phi) is 3.37. The van der Waals surface area contributed by atoms with Gasteiger partial charge < -0.3 is 4.90 Å². The largest absolute Gasteiger partial charge is 0.300 e. The molecule has 15 heavy (non-hydrogen) atoms. The normalized spacial score (nSPS) is 19.3. The summed E-state index contributed by atoms with van der Waals surface area (Å²) in [4.78, 5) is 2.45. The average molecular weight is 207 g/mol. The summed E-state index contributed by atoms with van der Waals surface area (Å²) >= 11 is 0. The molecule has 1 saturated heterocycles. The van der Waals surface area contributed by atoms with Gasteiger partial charge in [-0.25, -0.2) is 4.39 Å². The van der Waals surface area contributed by atoms with E-state index >= 15 is 0 Å². The molecule has 1 unspecified atom stereocenters. The summed E-state index contributed by atoms with van der Waals surface area (Å²) in [5.74, 6) is -0.0662. The van der Waals surface area contributed by atoms with Gasteiger partial charge in [-0.15, -0.1) is 0 Å². The Hall–Kier alpha value is -0.890. The van der Waals surface area contributed by atoms with Crippen molar-refractivity contribution in [3.05, 3.63) is 35.6 Å². The fourth-order valence-electron chi connectivity index (χ4n) is 2.29. The lowest BCUT2D eigenvalue weighted by Gasteiger charge is -2.23. The number of hydrogen-bond donors (Lipinski definition) is 0. The third kappa shape index (κ3) is 2.57. The second-order valence-electron chi connectivity index (χ2n) is 4.39. The van der Waals surface area contributed by atoms with E-state index in [0.717, 1.165) is 12.0 Å². The number of benzene rings is 1. The summed E-state index contributed by atoms with van der Waals surface area (Å²) in [5.41, 5.74) is 0.844. The lowest BCUT2D eigenvalue weighted by atomic mass is 10.1. The Labute approximate surface area is 90.9 Å². The minimum Gasteiger partial charge on any atom is -0.300 e. The molecule has 1 aromatic carbocycles. The van der Waals surface area contributed by atoms with Gasteiger partial charge in [-0.2, -0.15) is 0 Å². The molecule has 1 fully saturated rings. The van der Waals surface area contributed by atoms with Gasteiger partial charge >= 0.3 is 0 Å². The van der Waals surface area contributed by atoms with Crippen LogP contribution in [-0.4, -0.2) is 24.0 Å². The lowest BCUT2D eigenvalue weighted by molar-refractivity contribution is 0.256. The first-order chi connectivity index (χ1) is 7.27. The van der Waals surface area contributed by atoms with Crippen LogP contribution in [0.5, 0.6) is 0 Å². The average Bonchev–Trinajstić information content (AvgIpc) is 2.74. The van der Waals surface area contributed by atoms with E-state index in [1.807, 2.05) is 12.1 Å². The number of rotatable bonds is 3. The molecular weight excluding hydrogens is 189 g/mol. The van der Waals surface area contributed by atoms with E-state index in [2.05, 4.69) is 11.8 Å². The monoisotopic (exact) mass is 207 g/mol. The maximum Gasteiger partial charge on any atom is 0.126 e. The van der Waals surface area contributed by atoms with Crippen LogP contribution in [0.2, 0.25) is 0 Å². The van der Waals surface area contributed by atoms with E-state index in [4.69, 9.17) is 0 Å². The minimum atomic E-state index is -0.0662. The van der Waals surface area contributed by atoms with E-state index in [-0.39, 0.29) is 5.82 Å². The molecule has 2 heteroatoms. The molecule has 0 aliphatic carbocycles. The highest BCUT2D eigenvalue weighted by molar-refractivity contribution is 5.18. The van der Waals surface area contributed by atoms with Crippen LogP contribution in [-0.2, 0) is 6.42 Å². The molecule has 1 heterocycles. The summed E-state index contributed by atoms with van der Waals surface area (Å²) < 4.78 is 13.4. The predicted molar refractivity (Wildman–Crippen MR) is 60.4 cm³/mol. The van der Waals surface area contributed by atoms with Gasteiger partial charge in [0, 0.05) is 6.04 Å². The topological polar surface area (TPSA) is 3.24 Å². The van der Waals surface area contributed by atoms with Crippen LogP contribution in [0.1, 0.15) is 25.3 Å². The predicted octanol–water partition coefficient (Wildman–Crippen LogP) is 2.85. The number of likely N-dealkylation sites (tertiary alicyclic amines) is 1. The van der Waals surface area contributed by atoms with Crippen LogP contribution in [0.3, 0.4) is 0 Å². The van der Waals surface area contributed by atoms with Crippen LogP contribution < -0.4 is 0 Å². The number of nitrogens with zero attached hydrogens (tertiary/aromatic N) is 1. The van der Waals surface area contributed by atoms with Crippen molar-refractivity contribution >= 4 is 0 Å². The first-order valence-corrected chi connectivity index (χ1v) is 5.75. The van der Waals surface area contributed by atoms with Crippen molar-refractivity contribution in [1.82, 2.24) is 4.90 Å². The molecule has 0 amide bonds. The summed E-state index contributed by atoms with van der Waals surface area (Å²) in [5, 5.41) is 0. The SMILES string of the molecule is CC(Cc1ccccc1F)N1CCCC1. The highest BCUT2D eigenvalue weighted by Gasteiger charge is 2.18. The fourth-order valence-corrected chi connectivity index (χ4v) is 2.29. The molecule has 1 atom stereocenters. The second-order valence-corrected chi connectivity index (χ2v) is 4.39. The highest BCUT2D eigenvalue weighted by Crippen LogP contribution is 2.16. The van der Waals surface area contributed by atoms with Crippen molar-refractivity contribution in [2.24, 2.45) is 0 Å². The van der Waals surface area contributed by atoms with Crippen molar-refractivity contribution in [2.75, 3.05) is 13.1 Å². The van der Waals surface area contributed by atoms with E-state index in [9.17, 15) is 4.39 Å². The lowest BCUT2D eigenvalue weighted by Crippen LogP contribution is -2.31. The zero-order chi connectivity index (χ0) is 10.7. The first-order valence-electron chi connectivity index (χ1n) is 5.75. The van der Waals surface area contributed by atoms with Crippen molar-refractivity contribution in [3.63, 3.8) is 0 Å². The Morgan fingerprint density at radius 2 is 1.93 bits per heavy atom. The third-order valence-electron chi connectivity index (χ3n) is 3.24. The third-order valence-corrected chi connectivity index (χ3v) is 3.24. The molecule has 0 radical (unpaired) electrons. The van der Waals surface area contributed by atoms with E-state index in [1.54, 1.807) is 12.1 Å². The van der Waals surface area contributed by atoms with Crippen LogP contribution in [0.4, 0.5) is 4.39 Å². The highest BCUT2D eigenvalue weighted by atomic mass is 19.1. The summed E-state index contributed by atoms with van der Waals surface area (Å²) in [7, 11) is 0. The Balaban J connectivity index is 1.99. The van der Waals surface area contributed by atoms with Crippen LogP contribution in [0.15, 0.2) is 24.3 Å². The molecule has 1 nitrogen and oxygen atoms in total. The van der Waals surface area contributed by atoms with Gasteiger partial charge in [0.25, 0.3) is 0 Å². The summed E-state index contributed by atoms with van der Waals surface area (Å²) in [6, 6.07) is 7.56.